The van der Waals surface area contributed by atoms with E-state index < -0.39 is 10.0 Å². The highest BCUT2D eigenvalue weighted by molar-refractivity contribution is 7.92. The minimum Gasteiger partial charge on any atom is -0.397 e. The number of nitrogens with two attached hydrogens (primary N) is 1. The molecule has 1 fully saturated rings. The van der Waals surface area contributed by atoms with Gasteiger partial charge in [-0.15, -0.1) is 0 Å². The number of sulfonamides is 1. The van der Waals surface area contributed by atoms with Crippen molar-refractivity contribution >= 4 is 21.4 Å². The van der Waals surface area contributed by atoms with Gasteiger partial charge in [-0.3, -0.25) is 4.31 Å². The first-order chi connectivity index (χ1) is 7.92. The van der Waals surface area contributed by atoms with E-state index in [-0.39, 0.29) is 5.75 Å². The summed E-state index contributed by atoms with van der Waals surface area (Å²) in [4.78, 5) is 0. The van der Waals surface area contributed by atoms with E-state index >= 15 is 0 Å². The van der Waals surface area contributed by atoms with Gasteiger partial charge in [-0.25, -0.2) is 8.42 Å². The van der Waals surface area contributed by atoms with Crippen LogP contribution < -0.4 is 10.0 Å². The Labute approximate surface area is 102 Å². The van der Waals surface area contributed by atoms with Gasteiger partial charge in [-0.1, -0.05) is 0 Å². The number of nitrogens with zero attached hydrogens (tertiary/aromatic N) is 1. The van der Waals surface area contributed by atoms with E-state index in [2.05, 4.69) is 0 Å². The Morgan fingerprint density at radius 3 is 2.47 bits per heavy atom. The highest BCUT2D eigenvalue weighted by atomic mass is 32.2. The molecule has 5 heteroatoms. The standard InChI is InChI=1S/C12H18N2O2S/c1-9-7-11(13)12(8-10(9)2)14-5-3-4-6-17(14,15)16/h7-8H,3-6,13H2,1-2H3. The number of rotatable bonds is 1. The highest BCUT2D eigenvalue weighted by Gasteiger charge is 2.27. The molecule has 1 saturated heterocycles. The van der Waals surface area contributed by atoms with Crippen LogP contribution >= 0.6 is 0 Å². The van der Waals surface area contributed by atoms with Crippen LogP contribution in [0.2, 0.25) is 0 Å². The molecule has 0 amide bonds. The minimum atomic E-state index is -3.18. The van der Waals surface area contributed by atoms with Crippen molar-refractivity contribution in [3.63, 3.8) is 0 Å². The molecule has 0 spiro atoms. The van der Waals surface area contributed by atoms with Crippen molar-refractivity contribution in [1.82, 2.24) is 0 Å². The van der Waals surface area contributed by atoms with E-state index in [1.165, 1.54) is 4.31 Å². The zero-order chi connectivity index (χ0) is 12.6. The van der Waals surface area contributed by atoms with Crippen LogP contribution in [-0.2, 0) is 10.0 Å². The third-order valence-electron chi connectivity index (χ3n) is 3.26. The van der Waals surface area contributed by atoms with E-state index in [4.69, 9.17) is 5.73 Å². The second-order valence-corrected chi connectivity index (χ2v) is 6.60. The third kappa shape index (κ3) is 2.24. The van der Waals surface area contributed by atoms with Gasteiger partial charge in [0.25, 0.3) is 0 Å². The monoisotopic (exact) mass is 254 g/mol. The zero-order valence-corrected chi connectivity index (χ0v) is 11.0. The van der Waals surface area contributed by atoms with Crippen molar-refractivity contribution in [1.29, 1.82) is 0 Å². The Hall–Kier alpha value is -1.23. The van der Waals surface area contributed by atoms with Crippen LogP contribution in [0.3, 0.4) is 0 Å². The summed E-state index contributed by atoms with van der Waals surface area (Å²) in [6.45, 7) is 4.48. The molecule has 0 saturated carbocycles. The lowest BCUT2D eigenvalue weighted by Gasteiger charge is -2.29. The molecule has 1 aliphatic rings. The summed E-state index contributed by atoms with van der Waals surface area (Å²) in [5, 5.41) is 0. The largest absolute Gasteiger partial charge is 0.397 e. The molecule has 4 nitrogen and oxygen atoms in total. The lowest BCUT2D eigenvalue weighted by molar-refractivity contribution is 0.574. The van der Waals surface area contributed by atoms with E-state index in [0.29, 0.717) is 17.9 Å². The molecular formula is C12H18N2O2S. The molecule has 2 N–H and O–H groups in total. The fourth-order valence-electron chi connectivity index (χ4n) is 2.10. The first-order valence-corrected chi connectivity index (χ1v) is 7.40. The quantitative estimate of drug-likeness (QED) is 0.777. The molecule has 2 rings (SSSR count). The second-order valence-electron chi connectivity index (χ2n) is 4.59. The van der Waals surface area contributed by atoms with Gasteiger partial charge in [0.2, 0.25) is 10.0 Å². The third-order valence-corrected chi connectivity index (χ3v) is 5.12. The highest BCUT2D eigenvalue weighted by Crippen LogP contribution is 2.31. The lowest BCUT2D eigenvalue weighted by Crippen LogP contribution is -2.38. The summed E-state index contributed by atoms with van der Waals surface area (Å²) < 4.78 is 25.5. The van der Waals surface area contributed by atoms with Crippen LogP contribution in [0.25, 0.3) is 0 Å². The predicted molar refractivity (Wildman–Crippen MR) is 70.7 cm³/mol. The van der Waals surface area contributed by atoms with Gasteiger partial charge >= 0.3 is 0 Å². The molecule has 0 aromatic heterocycles. The molecular weight excluding hydrogens is 236 g/mol. The SMILES string of the molecule is Cc1cc(N)c(N2CCCCS2(=O)=O)cc1C. The van der Waals surface area contributed by atoms with Crippen LogP contribution in [0.5, 0.6) is 0 Å². The van der Waals surface area contributed by atoms with Crippen LogP contribution in [0.4, 0.5) is 11.4 Å². The Balaban J connectivity index is 2.50. The van der Waals surface area contributed by atoms with Crippen molar-refractivity contribution in [2.75, 3.05) is 22.3 Å². The normalized spacial score (nSPS) is 19.3. The fraction of sp³-hybridized carbons (Fsp3) is 0.500. The number of hydrogen-bond donors (Lipinski definition) is 1. The Bertz CT molecular complexity index is 538. The van der Waals surface area contributed by atoms with Gasteiger partial charge in [0.1, 0.15) is 0 Å². The second kappa shape index (κ2) is 4.22. The average molecular weight is 254 g/mol. The summed E-state index contributed by atoms with van der Waals surface area (Å²) in [6, 6.07) is 3.71. The summed E-state index contributed by atoms with van der Waals surface area (Å²) in [5.74, 6) is 0.222. The van der Waals surface area contributed by atoms with Crippen LogP contribution in [0, 0.1) is 13.8 Å². The molecule has 1 heterocycles. The first kappa shape index (κ1) is 12.2. The number of anilines is 2. The van der Waals surface area contributed by atoms with E-state index in [0.717, 1.165) is 24.0 Å². The summed E-state index contributed by atoms with van der Waals surface area (Å²) in [7, 11) is -3.18. The Kier molecular flexibility index (Phi) is 3.03. The number of hydrogen-bond acceptors (Lipinski definition) is 3. The fourth-order valence-corrected chi connectivity index (χ4v) is 3.75. The summed E-state index contributed by atoms with van der Waals surface area (Å²) >= 11 is 0. The first-order valence-electron chi connectivity index (χ1n) is 5.79. The van der Waals surface area contributed by atoms with E-state index in [9.17, 15) is 8.42 Å². The molecule has 94 valence electrons. The van der Waals surface area contributed by atoms with Crippen molar-refractivity contribution in [3.8, 4) is 0 Å². The molecule has 1 aromatic rings. The maximum Gasteiger partial charge on any atom is 0.235 e. The predicted octanol–water partition coefficient (Wildman–Crippen LogP) is 1.82. The molecule has 0 atom stereocenters. The van der Waals surface area contributed by atoms with Crippen LogP contribution in [0.1, 0.15) is 24.0 Å². The van der Waals surface area contributed by atoms with Gasteiger partial charge < -0.3 is 5.73 Å². The molecule has 0 aliphatic carbocycles. The van der Waals surface area contributed by atoms with E-state index in [1.54, 1.807) is 0 Å². The average Bonchev–Trinajstić information content (AvgIpc) is 2.23. The van der Waals surface area contributed by atoms with E-state index in [1.807, 2.05) is 26.0 Å². The molecule has 0 radical (unpaired) electrons. The van der Waals surface area contributed by atoms with Gasteiger partial charge in [0, 0.05) is 6.54 Å². The van der Waals surface area contributed by atoms with Gasteiger partial charge in [0.15, 0.2) is 0 Å². The summed E-state index contributed by atoms with van der Waals surface area (Å²) in [6.07, 6.45) is 1.63. The smallest absolute Gasteiger partial charge is 0.235 e. The van der Waals surface area contributed by atoms with Gasteiger partial charge in [0.05, 0.1) is 17.1 Å². The van der Waals surface area contributed by atoms with Crippen molar-refractivity contribution < 1.29 is 8.42 Å². The topological polar surface area (TPSA) is 63.4 Å². The van der Waals surface area contributed by atoms with Crippen molar-refractivity contribution in [2.24, 2.45) is 0 Å². The maximum absolute atomic E-state index is 12.0. The maximum atomic E-state index is 12.0. The zero-order valence-electron chi connectivity index (χ0n) is 10.2. The number of aryl methyl sites for hydroxylation is 2. The lowest BCUT2D eigenvalue weighted by atomic mass is 10.1. The molecule has 17 heavy (non-hydrogen) atoms. The molecule has 1 aliphatic heterocycles. The van der Waals surface area contributed by atoms with Gasteiger partial charge in [-0.2, -0.15) is 0 Å². The van der Waals surface area contributed by atoms with Crippen LogP contribution in [0.15, 0.2) is 12.1 Å². The van der Waals surface area contributed by atoms with Crippen molar-refractivity contribution in [2.45, 2.75) is 26.7 Å². The van der Waals surface area contributed by atoms with Gasteiger partial charge in [-0.05, 0) is 49.9 Å². The molecule has 0 bridgehead atoms. The Morgan fingerprint density at radius 1 is 1.18 bits per heavy atom. The number of nitrogen functional groups attached to an aromatic ring is 1. The molecule has 0 unspecified atom stereocenters. The van der Waals surface area contributed by atoms with Crippen molar-refractivity contribution in [3.05, 3.63) is 23.3 Å². The number of benzene rings is 1. The van der Waals surface area contributed by atoms with Crippen LogP contribution in [-0.4, -0.2) is 20.7 Å². The molecule has 1 aromatic carbocycles. The Morgan fingerprint density at radius 2 is 1.82 bits per heavy atom. The minimum absolute atomic E-state index is 0.222. The summed E-state index contributed by atoms with van der Waals surface area (Å²) in [5.41, 5.74) is 9.26.